The van der Waals surface area contributed by atoms with Gasteiger partial charge in [0.05, 0.1) is 0 Å². The van der Waals surface area contributed by atoms with Gasteiger partial charge in [-0.15, -0.1) is 0 Å². The average Bonchev–Trinajstić information content (AvgIpc) is 1.35. The zero-order chi connectivity index (χ0) is 5.21. The van der Waals surface area contributed by atoms with E-state index in [2.05, 4.69) is 0 Å². The molecule has 7 heavy (non-hydrogen) atoms. The number of rotatable bonds is 1. The van der Waals surface area contributed by atoms with Gasteiger partial charge >= 0.3 is 0 Å². The average molecular weight is 125 g/mol. The highest BCUT2D eigenvalue weighted by molar-refractivity contribution is 7.90. The van der Waals surface area contributed by atoms with Crippen molar-refractivity contribution in [3.63, 3.8) is 0 Å². The molecule has 0 aliphatic carbocycles. The van der Waals surface area contributed by atoms with Crippen LogP contribution in [0.5, 0.6) is 0 Å². The zero-order valence-electron chi connectivity index (χ0n) is 4.64. The molecule has 0 aromatic rings. The lowest BCUT2D eigenvalue weighted by atomic mass is 11.0. The largest absolute Gasteiger partial charge is 0.344 e. The van der Waals surface area contributed by atoms with Crippen LogP contribution in [-0.2, 0) is 9.84 Å². The highest BCUT2D eigenvalue weighted by Gasteiger charge is 1.90. The maximum Gasteiger partial charge on any atom is 0.147 e. The summed E-state index contributed by atoms with van der Waals surface area (Å²) < 4.78 is 20.0. The first kappa shape index (κ1) is 10.0. The van der Waals surface area contributed by atoms with Crippen LogP contribution >= 0.6 is 0 Å². The predicted octanol–water partition coefficient (Wildman–Crippen LogP) is 0.213. The van der Waals surface area contributed by atoms with Crippen LogP contribution in [0.1, 0.15) is 6.92 Å². The van der Waals surface area contributed by atoms with Crippen molar-refractivity contribution in [1.82, 2.24) is 6.15 Å². The molecular formula is C3H11NO2S. The lowest BCUT2D eigenvalue weighted by molar-refractivity contribution is 0.603. The Morgan fingerprint density at radius 2 is 1.57 bits per heavy atom. The van der Waals surface area contributed by atoms with Crippen molar-refractivity contribution in [1.29, 1.82) is 0 Å². The quantitative estimate of drug-likeness (QED) is 0.544. The SMILES string of the molecule is CCS(C)(=O)=O.N. The van der Waals surface area contributed by atoms with Gasteiger partial charge in [-0.3, -0.25) is 0 Å². The molecule has 0 aromatic heterocycles. The summed E-state index contributed by atoms with van der Waals surface area (Å²) in [5.41, 5.74) is 0. The van der Waals surface area contributed by atoms with E-state index in [1.54, 1.807) is 6.92 Å². The van der Waals surface area contributed by atoms with Gasteiger partial charge in [0.2, 0.25) is 0 Å². The van der Waals surface area contributed by atoms with Crippen molar-refractivity contribution in [2.75, 3.05) is 12.0 Å². The summed E-state index contributed by atoms with van der Waals surface area (Å²) in [5, 5.41) is 0. The summed E-state index contributed by atoms with van der Waals surface area (Å²) in [4.78, 5) is 0. The van der Waals surface area contributed by atoms with E-state index in [-0.39, 0.29) is 11.9 Å². The molecule has 0 spiro atoms. The summed E-state index contributed by atoms with van der Waals surface area (Å²) in [6.07, 6.45) is 1.22. The van der Waals surface area contributed by atoms with Gasteiger partial charge in [-0.05, 0) is 0 Å². The first-order chi connectivity index (χ1) is 2.56. The maximum atomic E-state index is 10.0. The van der Waals surface area contributed by atoms with Gasteiger partial charge in [0.1, 0.15) is 9.84 Å². The zero-order valence-corrected chi connectivity index (χ0v) is 5.46. The summed E-state index contributed by atoms with van der Waals surface area (Å²) in [7, 11) is -2.66. The monoisotopic (exact) mass is 125 g/mol. The lowest BCUT2D eigenvalue weighted by Gasteiger charge is -1.81. The molecule has 0 fully saturated rings. The van der Waals surface area contributed by atoms with E-state index in [1.807, 2.05) is 0 Å². The molecule has 0 rings (SSSR count). The molecule has 0 radical (unpaired) electrons. The topological polar surface area (TPSA) is 69.1 Å². The fourth-order valence-corrected chi connectivity index (χ4v) is 0. The highest BCUT2D eigenvalue weighted by Crippen LogP contribution is 1.75. The Morgan fingerprint density at radius 3 is 1.57 bits per heavy atom. The van der Waals surface area contributed by atoms with E-state index >= 15 is 0 Å². The van der Waals surface area contributed by atoms with E-state index < -0.39 is 9.84 Å². The second-order valence-electron chi connectivity index (χ2n) is 1.21. The summed E-state index contributed by atoms with van der Waals surface area (Å²) in [6, 6.07) is 0. The van der Waals surface area contributed by atoms with E-state index in [1.165, 1.54) is 6.26 Å². The van der Waals surface area contributed by atoms with Gasteiger partial charge in [-0.25, -0.2) is 8.42 Å². The first-order valence-electron chi connectivity index (χ1n) is 1.74. The summed E-state index contributed by atoms with van der Waals surface area (Å²) >= 11 is 0. The second kappa shape index (κ2) is 2.98. The normalized spacial score (nSPS) is 10.0. The minimum atomic E-state index is -2.66. The van der Waals surface area contributed by atoms with Gasteiger partial charge in [0, 0.05) is 12.0 Å². The summed E-state index contributed by atoms with van der Waals surface area (Å²) in [6.45, 7) is 1.62. The van der Waals surface area contributed by atoms with Crippen LogP contribution in [0.25, 0.3) is 0 Å². The van der Waals surface area contributed by atoms with Crippen LogP contribution in [-0.4, -0.2) is 20.4 Å². The number of hydrogen-bond donors (Lipinski definition) is 1. The van der Waals surface area contributed by atoms with Gasteiger partial charge in [-0.1, -0.05) is 6.92 Å². The molecule has 0 aliphatic rings. The smallest absolute Gasteiger partial charge is 0.147 e. The van der Waals surface area contributed by atoms with Crippen LogP contribution < -0.4 is 6.15 Å². The Bertz CT molecular complexity index is 115. The Labute approximate surface area is 44.2 Å². The van der Waals surface area contributed by atoms with Crippen molar-refractivity contribution in [2.24, 2.45) is 0 Å². The molecule has 0 bridgehead atoms. The highest BCUT2D eigenvalue weighted by atomic mass is 32.2. The number of sulfone groups is 1. The minimum absolute atomic E-state index is 0. The Kier molecular flexibility index (Phi) is 4.27. The Morgan fingerprint density at radius 1 is 1.43 bits per heavy atom. The Balaban J connectivity index is 0. The van der Waals surface area contributed by atoms with Crippen molar-refractivity contribution >= 4 is 9.84 Å². The Hall–Kier alpha value is -0.0900. The molecule has 0 aromatic carbocycles. The van der Waals surface area contributed by atoms with Gasteiger partial charge in [0.25, 0.3) is 0 Å². The predicted molar refractivity (Wildman–Crippen MR) is 30.4 cm³/mol. The van der Waals surface area contributed by atoms with Crippen LogP contribution in [0, 0.1) is 0 Å². The van der Waals surface area contributed by atoms with Crippen LogP contribution in [0.3, 0.4) is 0 Å². The third-order valence-corrected chi connectivity index (χ3v) is 1.57. The maximum absolute atomic E-state index is 10.0. The van der Waals surface area contributed by atoms with Crippen LogP contribution in [0.2, 0.25) is 0 Å². The molecule has 0 aliphatic heterocycles. The van der Waals surface area contributed by atoms with E-state index in [0.717, 1.165) is 0 Å². The van der Waals surface area contributed by atoms with Gasteiger partial charge in [-0.2, -0.15) is 0 Å². The first-order valence-corrected chi connectivity index (χ1v) is 3.80. The molecule has 3 N–H and O–H groups in total. The molecule has 46 valence electrons. The van der Waals surface area contributed by atoms with Crippen molar-refractivity contribution in [3.8, 4) is 0 Å². The minimum Gasteiger partial charge on any atom is -0.344 e. The lowest BCUT2D eigenvalue weighted by Crippen LogP contribution is -1.96. The fraction of sp³-hybridized carbons (Fsp3) is 1.00. The molecule has 3 nitrogen and oxygen atoms in total. The van der Waals surface area contributed by atoms with Crippen molar-refractivity contribution in [2.45, 2.75) is 6.92 Å². The molecule has 0 unspecified atom stereocenters. The van der Waals surface area contributed by atoms with Crippen LogP contribution in [0.15, 0.2) is 0 Å². The van der Waals surface area contributed by atoms with E-state index in [0.29, 0.717) is 0 Å². The van der Waals surface area contributed by atoms with Crippen molar-refractivity contribution in [3.05, 3.63) is 0 Å². The standard InChI is InChI=1S/C3H8O2S.H3N/c1-3-6(2,4)5;/h3H2,1-2H3;1H3. The molecule has 4 heteroatoms. The third-order valence-electron chi connectivity index (χ3n) is 0.524. The van der Waals surface area contributed by atoms with Gasteiger partial charge in [0.15, 0.2) is 0 Å². The third kappa shape index (κ3) is 10.7. The molecule has 0 saturated carbocycles. The van der Waals surface area contributed by atoms with Crippen molar-refractivity contribution < 1.29 is 8.42 Å². The second-order valence-corrected chi connectivity index (χ2v) is 3.64. The van der Waals surface area contributed by atoms with Gasteiger partial charge < -0.3 is 6.15 Å². The van der Waals surface area contributed by atoms with E-state index in [9.17, 15) is 8.42 Å². The molecular weight excluding hydrogens is 114 g/mol. The number of hydrogen-bond acceptors (Lipinski definition) is 3. The molecule has 0 atom stereocenters. The molecule has 0 amide bonds. The van der Waals surface area contributed by atoms with Crippen LogP contribution in [0.4, 0.5) is 0 Å². The molecule has 0 saturated heterocycles. The van der Waals surface area contributed by atoms with E-state index in [4.69, 9.17) is 0 Å². The fourth-order valence-electron chi connectivity index (χ4n) is 0. The summed E-state index contributed by atoms with van der Waals surface area (Å²) in [5.74, 6) is 0.243. The molecule has 0 heterocycles.